The third-order valence-electron chi connectivity index (χ3n) is 7.96. The van der Waals surface area contributed by atoms with E-state index in [0.717, 1.165) is 43.5 Å². The predicted molar refractivity (Wildman–Crippen MR) is 163 cm³/mol. The van der Waals surface area contributed by atoms with Crippen molar-refractivity contribution < 1.29 is 47.6 Å². The molecule has 2 aromatic rings. The molecule has 3 atom stereocenters. The summed E-state index contributed by atoms with van der Waals surface area (Å²) in [5.41, 5.74) is -0.0533. The zero-order valence-corrected chi connectivity index (χ0v) is 26.3. The van der Waals surface area contributed by atoms with Crippen molar-refractivity contribution in [2.75, 3.05) is 20.3 Å². The van der Waals surface area contributed by atoms with Crippen LogP contribution in [0.15, 0.2) is 48.0 Å². The second-order valence-corrected chi connectivity index (χ2v) is 12.0. The summed E-state index contributed by atoms with van der Waals surface area (Å²) in [7, 11) is 1.43. The van der Waals surface area contributed by atoms with Gasteiger partial charge in [-0.3, -0.25) is 9.59 Å². The molecule has 0 saturated heterocycles. The first-order valence-corrected chi connectivity index (χ1v) is 15.5. The zero-order chi connectivity index (χ0) is 32.0. The molecule has 3 unspecified atom stereocenters. The molecule has 2 aliphatic carbocycles. The van der Waals surface area contributed by atoms with Gasteiger partial charge in [-0.2, -0.15) is 13.2 Å². The molecule has 0 heterocycles. The van der Waals surface area contributed by atoms with E-state index in [0.29, 0.717) is 27.7 Å². The number of aliphatic hydroxyl groups excluding tert-OH is 3. The number of benzene rings is 2. The minimum atomic E-state index is -4.57. The number of halogens is 4. The maximum atomic E-state index is 14.1. The highest BCUT2D eigenvalue weighted by molar-refractivity contribution is 14.1. The molecule has 240 valence electrons. The third-order valence-corrected chi connectivity index (χ3v) is 8.76. The summed E-state index contributed by atoms with van der Waals surface area (Å²) < 4.78 is 52.1. The van der Waals surface area contributed by atoms with Gasteiger partial charge < -0.3 is 35.0 Å². The summed E-state index contributed by atoms with van der Waals surface area (Å²) in [5.74, 6) is -0.503. The SMILES string of the molecule is COc1cc(CO)cc(I)c1OC1C=C(C(=O)NCCO)CC(N(C(=O)c2ccc(C(F)(F)F)cc2)C2CCCCC2)C1O. The standard InChI is InChI=1S/C31H36F3IN2O7/c1-43-26-14-18(17-39)13-23(35)28(26)44-25-16-20(29(41)36-11-12-38)15-24(27(25)40)37(22-5-3-2-4-6-22)30(42)19-7-9-21(10-8-19)31(32,33)34/h7-10,13-14,16,22,24-25,27,38-40H,2-6,11-12,15,17H2,1H3,(H,36,41). The van der Waals surface area contributed by atoms with Crippen molar-refractivity contribution >= 4 is 34.4 Å². The zero-order valence-electron chi connectivity index (χ0n) is 24.1. The Morgan fingerprint density at radius 3 is 2.36 bits per heavy atom. The maximum absolute atomic E-state index is 14.1. The molecule has 0 spiro atoms. The van der Waals surface area contributed by atoms with Gasteiger partial charge in [0.2, 0.25) is 5.91 Å². The Morgan fingerprint density at radius 2 is 1.77 bits per heavy atom. The number of amides is 2. The monoisotopic (exact) mass is 732 g/mol. The van der Waals surface area contributed by atoms with Gasteiger partial charge in [0, 0.05) is 30.1 Å². The Kier molecular flexibility index (Phi) is 11.5. The number of alkyl halides is 3. The Bertz CT molecular complexity index is 1350. The van der Waals surface area contributed by atoms with E-state index in [1.807, 2.05) is 22.6 Å². The minimum absolute atomic E-state index is 0.0138. The molecule has 0 radical (unpaired) electrons. The average molecular weight is 733 g/mol. The van der Waals surface area contributed by atoms with Crippen molar-refractivity contribution in [2.24, 2.45) is 0 Å². The fraction of sp³-hybridized carbons (Fsp3) is 0.484. The molecular weight excluding hydrogens is 696 g/mol. The molecule has 1 saturated carbocycles. The molecule has 2 amide bonds. The van der Waals surface area contributed by atoms with E-state index < -0.39 is 41.8 Å². The van der Waals surface area contributed by atoms with Crippen LogP contribution in [0.5, 0.6) is 11.5 Å². The molecule has 2 aromatic carbocycles. The van der Waals surface area contributed by atoms with Crippen LogP contribution in [0.4, 0.5) is 13.2 Å². The van der Waals surface area contributed by atoms with Crippen molar-refractivity contribution in [1.82, 2.24) is 10.2 Å². The molecule has 4 rings (SSSR count). The number of hydrogen-bond acceptors (Lipinski definition) is 7. The molecule has 13 heteroatoms. The van der Waals surface area contributed by atoms with Crippen molar-refractivity contribution in [2.45, 2.75) is 75.6 Å². The molecular formula is C31H36F3IN2O7. The minimum Gasteiger partial charge on any atom is -0.493 e. The van der Waals surface area contributed by atoms with Gasteiger partial charge in [0.25, 0.3) is 5.91 Å². The highest BCUT2D eigenvalue weighted by Gasteiger charge is 2.44. The van der Waals surface area contributed by atoms with Crippen molar-refractivity contribution in [3.8, 4) is 11.5 Å². The second-order valence-electron chi connectivity index (χ2n) is 10.9. The Hall–Kier alpha value is -2.88. The van der Waals surface area contributed by atoms with E-state index in [1.54, 1.807) is 12.1 Å². The first-order valence-electron chi connectivity index (χ1n) is 14.4. The molecule has 1 fully saturated rings. The summed E-state index contributed by atoms with van der Waals surface area (Å²) in [5, 5.41) is 33.3. The van der Waals surface area contributed by atoms with Crippen molar-refractivity contribution in [3.05, 3.63) is 68.3 Å². The van der Waals surface area contributed by atoms with Crippen LogP contribution in [0.2, 0.25) is 0 Å². The van der Waals surface area contributed by atoms with Crippen LogP contribution in [0.1, 0.15) is 60.0 Å². The van der Waals surface area contributed by atoms with Crippen LogP contribution in [-0.4, -0.2) is 76.6 Å². The molecule has 44 heavy (non-hydrogen) atoms. The molecule has 9 nitrogen and oxygen atoms in total. The quantitative estimate of drug-likeness (QED) is 0.270. The summed E-state index contributed by atoms with van der Waals surface area (Å²) in [4.78, 5) is 28.8. The molecule has 4 N–H and O–H groups in total. The maximum Gasteiger partial charge on any atom is 0.416 e. The van der Waals surface area contributed by atoms with E-state index >= 15 is 0 Å². The number of aliphatic hydroxyl groups is 3. The highest BCUT2D eigenvalue weighted by Crippen LogP contribution is 2.39. The van der Waals surface area contributed by atoms with E-state index in [9.17, 15) is 38.1 Å². The number of rotatable bonds is 10. The van der Waals surface area contributed by atoms with Crippen LogP contribution < -0.4 is 14.8 Å². The van der Waals surface area contributed by atoms with Gasteiger partial charge in [0.15, 0.2) is 11.5 Å². The van der Waals surface area contributed by atoms with Crippen molar-refractivity contribution in [1.29, 1.82) is 0 Å². The van der Waals surface area contributed by atoms with Crippen LogP contribution in [0, 0.1) is 3.57 Å². The van der Waals surface area contributed by atoms with Crippen LogP contribution in [0.25, 0.3) is 0 Å². The van der Waals surface area contributed by atoms with Gasteiger partial charge in [-0.25, -0.2) is 0 Å². The van der Waals surface area contributed by atoms with Gasteiger partial charge in [-0.1, -0.05) is 19.3 Å². The Balaban J connectivity index is 1.75. The van der Waals surface area contributed by atoms with Gasteiger partial charge in [0.05, 0.1) is 35.5 Å². The number of nitrogens with one attached hydrogen (secondary N) is 1. The number of hydrogen-bond donors (Lipinski definition) is 4. The lowest BCUT2D eigenvalue weighted by atomic mass is 9.84. The third kappa shape index (κ3) is 7.85. The topological polar surface area (TPSA) is 129 Å². The van der Waals surface area contributed by atoms with E-state index in [4.69, 9.17) is 9.47 Å². The normalized spacial score (nSPS) is 20.9. The van der Waals surface area contributed by atoms with Crippen LogP contribution in [0.3, 0.4) is 0 Å². The first kappa shape index (κ1) is 34.0. The number of carbonyl (C=O) groups is 2. The van der Waals surface area contributed by atoms with Crippen LogP contribution in [-0.2, 0) is 17.6 Å². The van der Waals surface area contributed by atoms with E-state index in [2.05, 4.69) is 5.32 Å². The average Bonchev–Trinajstić information content (AvgIpc) is 3.02. The largest absolute Gasteiger partial charge is 0.493 e. The number of carbonyl (C=O) groups excluding carboxylic acids is 2. The molecule has 2 aliphatic rings. The van der Waals surface area contributed by atoms with Gasteiger partial charge in [-0.05, 0) is 83.5 Å². The fourth-order valence-corrected chi connectivity index (χ4v) is 6.55. The summed E-state index contributed by atoms with van der Waals surface area (Å²) in [6.07, 6.45) is -1.70. The smallest absolute Gasteiger partial charge is 0.416 e. The number of ether oxygens (including phenoxy) is 2. The summed E-state index contributed by atoms with van der Waals surface area (Å²) >= 11 is 2.01. The lowest BCUT2D eigenvalue weighted by Crippen LogP contribution is -2.58. The van der Waals surface area contributed by atoms with Gasteiger partial charge in [0.1, 0.15) is 12.2 Å². The van der Waals surface area contributed by atoms with E-state index in [1.165, 1.54) is 18.1 Å². The van der Waals surface area contributed by atoms with Gasteiger partial charge >= 0.3 is 6.18 Å². The lowest BCUT2D eigenvalue weighted by Gasteiger charge is -2.45. The molecule has 0 bridgehead atoms. The number of nitrogens with zero attached hydrogens (tertiary/aromatic N) is 1. The molecule has 0 aromatic heterocycles. The molecule has 0 aliphatic heterocycles. The predicted octanol–water partition coefficient (Wildman–Crippen LogP) is 4.20. The first-order chi connectivity index (χ1) is 21.0. The highest BCUT2D eigenvalue weighted by atomic mass is 127. The Morgan fingerprint density at radius 1 is 1.09 bits per heavy atom. The van der Waals surface area contributed by atoms with Gasteiger partial charge in [-0.15, -0.1) is 0 Å². The summed E-state index contributed by atoms with van der Waals surface area (Å²) in [6, 6.07) is 5.96. The second kappa shape index (κ2) is 14.9. The summed E-state index contributed by atoms with van der Waals surface area (Å²) in [6.45, 7) is -0.545. The number of methoxy groups -OCH3 is 1. The van der Waals surface area contributed by atoms with Crippen molar-refractivity contribution in [3.63, 3.8) is 0 Å². The lowest BCUT2D eigenvalue weighted by molar-refractivity contribution is -0.137. The fourth-order valence-electron chi connectivity index (χ4n) is 5.76. The van der Waals surface area contributed by atoms with Crippen LogP contribution >= 0.6 is 22.6 Å². The van der Waals surface area contributed by atoms with E-state index in [-0.39, 0.29) is 49.1 Å². The Labute approximate surface area is 267 Å².